The third-order valence-corrected chi connectivity index (χ3v) is 7.89. The van der Waals surface area contributed by atoms with Crippen LogP contribution < -0.4 is 5.32 Å². The van der Waals surface area contributed by atoms with Crippen molar-refractivity contribution < 1.29 is 0 Å². The molecule has 0 heterocycles. The predicted octanol–water partition coefficient (Wildman–Crippen LogP) is 10.9. The zero-order chi connectivity index (χ0) is 27.0. The molecule has 1 N–H and O–H groups in total. The Kier molecular flexibility index (Phi) is 24.0. The highest BCUT2D eigenvalue weighted by molar-refractivity contribution is 7.16. The summed E-state index contributed by atoms with van der Waals surface area (Å²) in [5.41, 5.74) is 4.11. The lowest BCUT2D eigenvalue weighted by Crippen LogP contribution is -2.27. The maximum atomic E-state index is 4.25. The Morgan fingerprint density at radius 1 is 0.944 bits per heavy atom. The summed E-state index contributed by atoms with van der Waals surface area (Å²) in [5.74, 6) is 2.02. The minimum Gasteiger partial charge on any atom is -0.386 e. The van der Waals surface area contributed by atoms with Crippen LogP contribution in [0.1, 0.15) is 143 Å². The van der Waals surface area contributed by atoms with E-state index in [4.69, 9.17) is 0 Å². The summed E-state index contributed by atoms with van der Waals surface area (Å²) in [6.07, 6.45) is 22.8. The van der Waals surface area contributed by atoms with Crippen LogP contribution in [0.5, 0.6) is 0 Å². The molecule has 1 fully saturated rings. The van der Waals surface area contributed by atoms with Crippen molar-refractivity contribution in [3.63, 3.8) is 0 Å². The maximum Gasteiger partial charge on any atom is 0.0270 e. The first-order valence-corrected chi connectivity index (χ1v) is 16.5. The van der Waals surface area contributed by atoms with Crippen molar-refractivity contribution in [3.8, 4) is 0 Å². The van der Waals surface area contributed by atoms with Crippen molar-refractivity contribution in [1.82, 2.24) is 5.32 Å². The second-order valence-electron chi connectivity index (χ2n) is 11.0. The molecule has 0 bridgehead atoms. The van der Waals surface area contributed by atoms with E-state index in [1.54, 1.807) is 0 Å². The van der Waals surface area contributed by atoms with Crippen LogP contribution in [0.2, 0.25) is 0 Å². The Hall–Kier alpha value is -0.810. The fourth-order valence-electron chi connectivity index (χ4n) is 4.74. The van der Waals surface area contributed by atoms with Gasteiger partial charge in [0.25, 0.3) is 0 Å². The summed E-state index contributed by atoms with van der Waals surface area (Å²) in [6, 6.07) is 9.68. The molecule has 1 nitrogen and oxygen atoms in total. The van der Waals surface area contributed by atoms with E-state index in [1.165, 1.54) is 113 Å². The molecule has 1 aromatic carbocycles. The average molecular weight is 518 g/mol. The third-order valence-electron chi connectivity index (χ3n) is 7.48. The van der Waals surface area contributed by atoms with E-state index in [2.05, 4.69) is 73.1 Å². The van der Waals surface area contributed by atoms with Crippen LogP contribution in [0, 0.1) is 11.8 Å². The highest BCUT2D eigenvalue weighted by Crippen LogP contribution is 2.31. The highest BCUT2D eigenvalue weighted by Gasteiger charge is 2.16. The smallest absolute Gasteiger partial charge is 0.0270 e. The largest absolute Gasteiger partial charge is 0.386 e. The van der Waals surface area contributed by atoms with Gasteiger partial charge in [-0.05, 0) is 74.6 Å². The second-order valence-corrected chi connectivity index (χ2v) is 11.5. The number of benzene rings is 1. The molecule has 210 valence electrons. The Morgan fingerprint density at radius 2 is 1.58 bits per heavy atom. The molecule has 0 saturated heterocycles. The van der Waals surface area contributed by atoms with E-state index >= 15 is 0 Å². The molecule has 2 unspecified atom stereocenters. The van der Waals surface area contributed by atoms with Gasteiger partial charge in [0, 0.05) is 11.7 Å². The topological polar surface area (TPSA) is 12.0 Å². The van der Waals surface area contributed by atoms with E-state index in [0.717, 1.165) is 24.7 Å². The molecule has 1 aliphatic rings. The lowest BCUT2D eigenvalue weighted by molar-refractivity contribution is 0.286. The minimum atomic E-state index is 0.457. The van der Waals surface area contributed by atoms with Gasteiger partial charge in [-0.15, -0.1) is 9.24 Å². The van der Waals surface area contributed by atoms with Gasteiger partial charge < -0.3 is 5.32 Å². The molecule has 0 radical (unpaired) electrons. The van der Waals surface area contributed by atoms with E-state index < -0.39 is 0 Å². The first-order chi connectivity index (χ1) is 17.5. The molecule has 1 aliphatic carbocycles. The lowest BCUT2D eigenvalue weighted by Gasteiger charge is -2.25. The van der Waals surface area contributed by atoms with Gasteiger partial charge in [-0.25, -0.2) is 0 Å². The minimum absolute atomic E-state index is 0.457. The normalized spacial score (nSPS) is 14.4. The number of unbranched alkanes of at least 4 members (excludes halogenated alkanes) is 4. The predicted molar refractivity (Wildman–Crippen MR) is 170 cm³/mol. The summed E-state index contributed by atoms with van der Waals surface area (Å²) in [4.78, 5) is 0. The Balaban J connectivity index is 0.00000117. The summed E-state index contributed by atoms with van der Waals surface area (Å²) >= 11 is 0. The summed E-state index contributed by atoms with van der Waals surface area (Å²) in [6.45, 7) is 17.3. The zero-order valence-corrected chi connectivity index (χ0v) is 26.5. The molecule has 3 atom stereocenters. The Labute approximate surface area is 230 Å². The van der Waals surface area contributed by atoms with Crippen LogP contribution in [-0.4, -0.2) is 12.2 Å². The van der Waals surface area contributed by atoms with Gasteiger partial charge in [0.05, 0.1) is 0 Å². The number of rotatable bonds is 18. The summed E-state index contributed by atoms with van der Waals surface area (Å²) in [5, 5.41) is 3.62. The van der Waals surface area contributed by atoms with Gasteiger partial charge in [-0.2, -0.15) is 0 Å². The third kappa shape index (κ3) is 19.3. The van der Waals surface area contributed by atoms with E-state index in [1.807, 2.05) is 13.8 Å². The Morgan fingerprint density at radius 3 is 2.11 bits per heavy atom. The monoisotopic (exact) mass is 517 g/mol. The van der Waals surface area contributed by atoms with Crippen LogP contribution in [0.3, 0.4) is 0 Å². The molecule has 1 saturated carbocycles. The van der Waals surface area contributed by atoms with Crippen LogP contribution in [0.4, 0.5) is 0 Å². The standard InChI is InChI=1S/C25H42NP.C7H16.C2H6/c1-21(10-5-3-4-6-11-23-13-9-14-23)26-22(2)20-25-17-15-24(16-18-25)12-7-8-19-27;1-4-6-7(3)5-2;1-2/h15-18,22-23,26H,1,3-14,19-20,27H2,2H3;7H,4-6H2,1-3H3;1-2H3/t22-;;/m1../s1. The SMILES string of the molecule is C=C(CCCCCCC1CCC1)N[C@H](C)Cc1ccc(CCCCP)cc1.CC.CCCC(C)CC. The van der Waals surface area contributed by atoms with Gasteiger partial charge >= 0.3 is 0 Å². The molecule has 2 rings (SSSR count). The van der Waals surface area contributed by atoms with Crippen molar-refractivity contribution in [3.05, 3.63) is 47.7 Å². The number of allylic oxidation sites excluding steroid dienone is 1. The number of aryl methyl sites for hydroxylation is 1. The molecule has 1 aromatic rings. The van der Waals surface area contributed by atoms with Gasteiger partial charge in [-0.3, -0.25) is 0 Å². The van der Waals surface area contributed by atoms with Gasteiger partial charge in [-0.1, -0.05) is 130 Å². The van der Waals surface area contributed by atoms with Crippen molar-refractivity contribution >= 4 is 9.24 Å². The molecular weight excluding hydrogens is 453 g/mol. The molecule has 0 spiro atoms. The molecular formula is C34H64NP. The highest BCUT2D eigenvalue weighted by atomic mass is 31.0. The van der Waals surface area contributed by atoms with Crippen molar-refractivity contribution in [1.29, 1.82) is 0 Å². The number of hydrogen-bond donors (Lipinski definition) is 1. The molecule has 2 heteroatoms. The lowest BCUT2D eigenvalue weighted by atomic mass is 9.81. The fraction of sp³-hybridized carbons (Fsp3) is 0.765. The van der Waals surface area contributed by atoms with Crippen LogP contribution in [-0.2, 0) is 12.8 Å². The second kappa shape index (κ2) is 24.5. The zero-order valence-electron chi connectivity index (χ0n) is 25.3. The van der Waals surface area contributed by atoms with Gasteiger partial charge in [0.15, 0.2) is 0 Å². The van der Waals surface area contributed by atoms with Crippen LogP contribution >= 0.6 is 9.24 Å². The van der Waals surface area contributed by atoms with E-state index in [-0.39, 0.29) is 0 Å². The van der Waals surface area contributed by atoms with Gasteiger partial charge in [0.2, 0.25) is 0 Å². The average Bonchev–Trinajstić information content (AvgIpc) is 2.85. The van der Waals surface area contributed by atoms with Crippen molar-refractivity contribution in [2.24, 2.45) is 11.8 Å². The van der Waals surface area contributed by atoms with E-state index in [0.29, 0.717) is 6.04 Å². The van der Waals surface area contributed by atoms with Crippen LogP contribution in [0.15, 0.2) is 36.5 Å². The first-order valence-electron chi connectivity index (χ1n) is 15.7. The molecule has 0 amide bonds. The van der Waals surface area contributed by atoms with Crippen molar-refractivity contribution in [2.75, 3.05) is 6.16 Å². The molecule has 0 aromatic heterocycles. The summed E-state index contributed by atoms with van der Waals surface area (Å²) in [7, 11) is 2.82. The van der Waals surface area contributed by atoms with Gasteiger partial charge in [0.1, 0.15) is 0 Å². The molecule has 36 heavy (non-hydrogen) atoms. The van der Waals surface area contributed by atoms with Crippen molar-refractivity contribution in [2.45, 2.75) is 150 Å². The van der Waals surface area contributed by atoms with E-state index in [9.17, 15) is 0 Å². The quantitative estimate of drug-likeness (QED) is 0.151. The first kappa shape index (κ1) is 35.2. The Bertz CT molecular complexity index is 604. The number of hydrogen-bond acceptors (Lipinski definition) is 1. The van der Waals surface area contributed by atoms with Crippen LogP contribution in [0.25, 0.3) is 0 Å². The summed E-state index contributed by atoms with van der Waals surface area (Å²) < 4.78 is 0. The molecule has 0 aliphatic heterocycles. The fourth-order valence-corrected chi connectivity index (χ4v) is 5.03. The number of nitrogens with one attached hydrogen (secondary N) is 1. The maximum absolute atomic E-state index is 4.25.